The predicted octanol–water partition coefficient (Wildman–Crippen LogP) is 2.36. The summed E-state index contributed by atoms with van der Waals surface area (Å²) in [7, 11) is 0. The molecule has 0 saturated heterocycles. The van der Waals surface area contributed by atoms with Crippen LogP contribution in [-0.4, -0.2) is 11.0 Å². The third-order valence-corrected chi connectivity index (χ3v) is 2.39. The van der Waals surface area contributed by atoms with Crippen molar-refractivity contribution < 1.29 is 4.92 Å². The van der Waals surface area contributed by atoms with Crippen molar-refractivity contribution in [2.24, 2.45) is 0 Å². The number of rotatable bonds is 4. The molecule has 5 heteroatoms. The Kier molecular flexibility index (Phi) is 4.29. The maximum absolute atomic E-state index is 10.6. The largest absolute Gasteiger partial charge is 0.300 e. The molecule has 0 saturated carbocycles. The number of nitro benzene ring substituents is 1. The highest BCUT2D eigenvalue weighted by atomic mass is 35.5. The Morgan fingerprint density at radius 3 is 2.94 bits per heavy atom. The maximum atomic E-state index is 10.6. The Labute approximate surface area is 98.8 Å². The van der Waals surface area contributed by atoms with Gasteiger partial charge in [-0.1, -0.05) is 23.6 Å². The molecule has 16 heavy (non-hydrogen) atoms. The second-order valence-electron chi connectivity index (χ2n) is 3.31. The molecule has 1 aromatic carbocycles. The third kappa shape index (κ3) is 3.23. The lowest BCUT2D eigenvalue weighted by molar-refractivity contribution is -0.384. The molecule has 1 aromatic rings. The van der Waals surface area contributed by atoms with E-state index in [2.05, 4.69) is 11.2 Å². The molecule has 0 amide bonds. The zero-order valence-corrected chi connectivity index (χ0v) is 9.49. The molecule has 4 nitrogen and oxygen atoms in total. The molecule has 0 aliphatic heterocycles. The summed E-state index contributed by atoms with van der Waals surface area (Å²) in [5.41, 5.74) is 0.688. The Morgan fingerprint density at radius 1 is 1.69 bits per heavy atom. The standard InChI is InChI=1S/C11H11ClN2O2/c1-3-8(2)13-7-9-4-5-10(12)11(6-9)14(15)16/h1,4-6,8,13H,7H2,2H3. The van der Waals surface area contributed by atoms with E-state index in [0.717, 1.165) is 5.56 Å². The number of nitrogens with zero attached hydrogens (tertiary/aromatic N) is 1. The van der Waals surface area contributed by atoms with E-state index in [-0.39, 0.29) is 16.8 Å². The maximum Gasteiger partial charge on any atom is 0.288 e. The van der Waals surface area contributed by atoms with Crippen LogP contribution in [0.4, 0.5) is 5.69 Å². The number of nitro groups is 1. The lowest BCUT2D eigenvalue weighted by atomic mass is 10.2. The van der Waals surface area contributed by atoms with Crippen molar-refractivity contribution in [3.8, 4) is 12.3 Å². The topological polar surface area (TPSA) is 55.2 Å². The average Bonchev–Trinajstić information content (AvgIpc) is 2.27. The van der Waals surface area contributed by atoms with Crippen molar-refractivity contribution >= 4 is 17.3 Å². The first kappa shape index (κ1) is 12.5. The quantitative estimate of drug-likeness (QED) is 0.498. The number of benzene rings is 1. The summed E-state index contributed by atoms with van der Waals surface area (Å²) in [6, 6.07) is 4.61. The van der Waals surface area contributed by atoms with Gasteiger partial charge in [-0.2, -0.15) is 0 Å². The smallest absolute Gasteiger partial charge is 0.288 e. The summed E-state index contributed by atoms with van der Waals surface area (Å²) in [4.78, 5) is 10.1. The molecule has 1 N–H and O–H groups in total. The van der Waals surface area contributed by atoms with Gasteiger partial charge in [0.2, 0.25) is 0 Å². The van der Waals surface area contributed by atoms with Crippen LogP contribution < -0.4 is 5.32 Å². The molecular formula is C11H11ClN2O2. The molecule has 0 bridgehead atoms. The van der Waals surface area contributed by atoms with Gasteiger partial charge in [0, 0.05) is 12.6 Å². The summed E-state index contributed by atoms with van der Waals surface area (Å²) < 4.78 is 0. The molecule has 0 radical (unpaired) electrons. The zero-order chi connectivity index (χ0) is 12.1. The van der Waals surface area contributed by atoms with Gasteiger partial charge in [0.25, 0.3) is 5.69 Å². The first-order valence-electron chi connectivity index (χ1n) is 4.67. The number of halogens is 1. The normalized spacial score (nSPS) is 11.8. The van der Waals surface area contributed by atoms with Gasteiger partial charge in [0.05, 0.1) is 11.0 Å². The lowest BCUT2D eigenvalue weighted by Gasteiger charge is -2.07. The fraction of sp³-hybridized carbons (Fsp3) is 0.273. The van der Waals surface area contributed by atoms with Gasteiger partial charge in [0.15, 0.2) is 0 Å². The van der Waals surface area contributed by atoms with Crippen LogP contribution in [0.5, 0.6) is 0 Å². The molecule has 0 spiro atoms. The SMILES string of the molecule is C#CC(C)NCc1ccc(Cl)c([N+](=O)[O-])c1. The average molecular weight is 239 g/mol. The fourth-order valence-electron chi connectivity index (χ4n) is 1.14. The van der Waals surface area contributed by atoms with E-state index < -0.39 is 4.92 Å². The number of nitrogens with one attached hydrogen (secondary N) is 1. The highest BCUT2D eigenvalue weighted by molar-refractivity contribution is 6.32. The molecule has 1 unspecified atom stereocenters. The predicted molar refractivity (Wildman–Crippen MR) is 63.2 cm³/mol. The van der Waals surface area contributed by atoms with Crippen LogP contribution in [0.2, 0.25) is 5.02 Å². The summed E-state index contributed by atoms with van der Waals surface area (Å²) in [6.45, 7) is 2.31. The number of terminal acetylenes is 1. The van der Waals surface area contributed by atoms with Crippen LogP contribution in [0.15, 0.2) is 18.2 Å². The summed E-state index contributed by atoms with van der Waals surface area (Å²) >= 11 is 5.69. The first-order chi connectivity index (χ1) is 7.54. The van der Waals surface area contributed by atoms with Crippen molar-refractivity contribution in [2.45, 2.75) is 19.5 Å². The minimum Gasteiger partial charge on any atom is -0.300 e. The monoisotopic (exact) mass is 238 g/mol. The van der Waals surface area contributed by atoms with Gasteiger partial charge < -0.3 is 0 Å². The molecule has 84 valence electrons. The van der Waals surface area contributed by atoms with Crippen molar-refractivity contribution in [3.05, 3.63) is 38.9 Å². The van der Waals surface area contributed by atoms with E-state index in [1.807, 2.05) is 6.92 Å². The van der Waals surface area contributed by atoms with E-state index in [4.69, 9.17) is 18.0 Å². The first-order valence-corrected chi connectivity index (χ1v) is 5.04. The van der Waals surface area contributed by atoms with Crippen molar-refractivity contribution in [2.75, 3.05) is 0 Å². The highest BCUT2D eigenvalue weighted by Gasteiger charge is 2.12. The van der Waals surface area contributed by atoms with Crippen molar-refractivity contribution in [1.82, 2.24) is 5.32 Å². The summed E-state index contributed by atoms with van der Waals surface area (Å²) in [5, 5.41) is 13.8. The molecule has 0 fully saturated rings. The highest BCUT2D eigenvalue weighted by Crippen LogP contribution is 2.24. The van der Waals surface area contributed by atoms with Crippen LogP contribution in [0.3, 0.4) is 0 Å². The Hall–Kier alpha value is -1.57. The Morgan fingerprint density at radius 2 is 2.38 bits per heavy atom. The molecule has 0 heterocycles. The van der Waals surface area contributed by atoms with E-state index in [9.17, 15) is 10.1 Å². The van der Waals surface area contributed by atoms with Crippen molar-refractivity contribution in [1.29, 1.82) is 0 Å². The van der Waals surface area contributed by atoms with Gasteiger partial charge in [-0.15, -0.1) is 6.42 Å². The van der Waals surface area contributed by atoms with Crippen molar-refractivity contribution in [3.63, 3.8) is 0 Å². The molecule has 0 aromatic heterocycles. The molecule has 0 aliphatic rings. The van der Waals surface area contributed by atoms with E-state index >= 15 is 0 Å². The second-order valence-corrected chi connectivity index (χ2v) is 3.72. The van der Waals surface area contributed by atoms with E-state index in [1.54, 1.807) is 6.07 Å². The summed E-state index contributed by atoms with van der Waals surface area (Å²) in [5.74, 6) is 2.51. The fourth-order valence-corrected chi connectivity index (χ4v) is 1.32. The second kappa shape index (κ2) is 5.50. The van der Waals surface area contributed by atoms with Crippen LogP contribution in [0, 0.1) is 22.5 Å². The summed E-state index contributed by atoms with van der Waals surface area (Å²) in [6.07, 6.45) is 5.20. The van der Waals surface area contributed by atoms with Crippen LogP contribution in [-0.2, 0) is 6.54 Å². The number of hydrogen-bond acceptors (Lipinski definition) is 3. The molecule has 1 atom stereocenters. The van der Waals surface area contributed by atoms with Crippen LogP contribution >= 0.6 is 11.6 Å². The zero-order valence-electron chi connectivity index (χ0n) is 8.74. The molecular weight excluding hydrogens is 228 g/mol. The van der Waals surface area contributed by atoms with E-state index in [1.165, 1.54) is 12.1 Å². The minimum absolute atomic E-state index is 0.0743. The van der Waals surface area contributed by atoms with E-state index in [0.29, 0.717) is 6.54 Å². The molecule has 0 aliphatic carbocycles. The van der Waals surface area contributed by atoms with Gasteiger partial charge in [0.1, 0.15) is 5.02 Å². The Balaban J connectivity index is 2.80. The number of hydrogen-bond donors (Lipinski definition) is 1. The van der Waals surface area contributed by atoms with Gasteiger partial charge >= 0.3 is 0 Å². The van der Waals surface area contributed by atoms with Crippen LogP contribution in [0.25, 0.3) is 0 Å². The van der Waals surface area contributed by atoms with Gasteiger partial charge in [-0.05, 0) is 18.6 Å². The van der Waals surface area contributed by atoms with Gasteiger partial charge in [-0.3, -0.25) is 15.4 Å². The minimum atomic E-state index is -0.504. The van der Waals surface area contributed by atoms with Crippen LogP contribution in [0.1, 0.15) is 12.5 Å². The Bertz CT molecular complexity index is 440. The molecule has 1 rings (SSSR count). The van der Waals surface area contributed by atoms with Gasteiger partial charge in [-0.25, -0.2) is 0 Å². The third-order valence-electron chi connectivity index (χ3n) is 2.07. The lowest BCUT2D eigenvalue weighted by Crippen LogP contribution is -2.23.